The molecule has 2 N–H and O–H groups in total. The van der Waals surface area contributed by atoms with Crippen molar-refractivity contribution >= 4 is 40.4 Å². The standard InChI is InChI=1S/C19H22ClN3O2S/c1-2-23-9-3-5-14(23)12-21-18(24)13-7-8-15(20)16(11-13)22-19(25)17-6-4-10-26-17/h4,6-8,10-11,14H,2-3,5,9,12H2,1H3,(H,21,24)(H,22,25). The Bertz CT molecular complexity index is 779. The van der Waals surface area contributed by atoms with Crippen molar-refractivity contribution in [3.63, 3.8) is 0 Å². The highest BCUT2D eigenvalue weighted by atomic mass is 35.5. The normalized spacial score (nSPS) is 17.2. The smallest absolute Gasteiger partial charge is 0.265 e. The van der Waals surface area contributed by atoms with Gasteiger partial charge >= 0.3 is 0 Å². The van der Waals surface area contributed by atoms with Gasteiger partial charge in [0.2, 0.25) is 0 Å². The summed E-state index contributed by atoms with van der Waals surface area (Å²) in [6.07, 6.45) is 2.28. The van der Waals surface area contributed by atoms with Crippen LogP contribution in [0.2, 0.25) is 5.02 Å². The van der Waals surface area contributed by atoms with E-state index in [-0.39, 0.29) is 11.8 Å². The number of likely N-dealkylation sites (tertiary alicyclic amines) is 1. The Morgan fingerprint density at radius 2 is 2.15 bits per heavy atom. The summed E-state index contributed by atoms with van der Waals surface area (Å²) in [6.45, 7) is 4.87. The number of hydrogen-bond donors (Lipinski definition) is 2. The second-order valence-corrected chi connectivity index (χ2v) is 7.62. The van der Waals surface area contributed by atoms with Crippen molar-refractivity contribution in [3.8, 4) is 0 Å². The van der Waals surface area contributed by atoms with Gasteiger partial charge in [0.1, 0.15) is 0 Å². The van der Waals surface area contributed by atoms with E-state index >= 15 is 0 Å². The highest BCUT2D eigenvalue weighted by molar-refractivity contribution is 7.12. The Morgan fingerprint density at radius 3 is 2.88 bits per heavy atom. The van der Waals surface area contributed by atoms with Crippen molar-refractivity contribution in [1.82, 2.24) is 10.2 Å². The number of anilines is 1. The molecule has 0 bridgehead atoms. The molecular weight excluding hydrogens is 370 g/mol. The van der Waals surface area contributed by atoms with Gasteiger partial charge in [-0.25, -0.2) is 0 Å². The SMILES string of the molecule is CCN1CCCC1CNC(=O)c1ccc(Cl)c(NC(=O)c2cccs2)c1. The number of halogens is 1. The van der Waals surface area contributed by atoms with Crippen LogP contribution in [0.25, 0.3) is 0 Å². The van der Waals surface area contributed by atoms with Crippen molar-refractivity contribution in [2.24, 2.45) is 0 Å². The Kier molecular flexibility index (Phi) is 6.29. The van der Waals surface area contributed by atoms with Crippen LogP contribution in [0.1, 0.15) is 39.8 Å². The molecule has 2 heterocycles. The highest BCUT2D eigenvalue weighted by Gasteiger charge is 2.23. The first-order chi connectivity index (χ1) is 12.6. The molecule has 5 nitrogen and oxygen atoms in total. The number of amides is 2. The van der Waals surface area contributed by atoms with E-state index < -0.39 is 0 Å². The van der Waals surface area contributed by atoms with Crippen LogP contribution in [0.15, 0.2) is 35.7 Å². The molecule has 1 aromatic carbocycles. The second-order valence-electron chi connectivity index (χ2n) is 6.26. The van der Waals surface area contributed by atoms with Gasteiger partial charge in [0, 0.05) is 18.2 Å². The number of carbonyl (C=O) groups excluding carboxylic acids is 2. The molecule has 138 valence electrons. The summed E-state index contributed by atoms with van der Waals surface area (Å²) in [7, 11) is 0. The van der Waals surface area contributed by atoms with Crippen LogP contribution >= 0.6 is 22.9 Å². The summed E-state index contributed by atoms with van der Waals surface area (Å²) < 4.78 is 0. The maximum atomic E-state index is 12.5. The number of thiophene rings is 1. The third-order valence-corrected chi connectivity index (χ3v) is 5.82. The lowest BCUT2D eigenvalue weighted by Crippen LogP contribution is -2.40. The van der Waals surface area contributed by atoms with Crippen molar-refractivity contribution in [2.75, 3.05) is 25.0 Å². The zero-order valence-electron chi connectivity index (χ0n) is 14.6. The predicted molar refractivity (Wildman–Crippen MR) is 106 cm³/mol. The molecule has 3 rings (SSSR count). The zero-order valence-corrected chi connectivity index (χ0v) is 16.2. The Labute approximate surface area is 162 Å². The van der Waals surface area contributed by atoms with Gasteiger partial charge in [-0.1, -0.05) is 24.6 Å². The molecule has 0 saturated carbocycles. The average molecular weight is 392 g/mol. The van der Waals surface area contributed by atoms with Gasteiger partial charge in [0.15, 0.2) is 0 Å². The van der Waals surface area contributed by atoms with E-state index in [9.17, 15) is 9.59 Å². The number of benzene rings is 1. The number of likely N-dealkylation sites (N-methyl/N-ethyl adjacent to an activating group) is 1. The van der Waals surface area contributed by atoms with Gasteiger partial charge in [0.05, 0.1) is 15.6 Å². The fourth-order valence-corrected chi connectivity index (χ4v) is 3.99. The average Bonchev–Trinajstić information content (AvgIpc) is 3.32. The molecule has 1 aliphatic rings. The third-order valence-electron chi connectivity index (χ3n) is 4.63. The third kappa shape index (κ3) is 4.44. The minimum absolute atomic E-state index is 0.156. The maximum Gasteiger partial charge on any atom is 0.265 e. The summed E-state index contributed by atoms with van der Waals surface area (Å²) >= 11 is 7.53. The van der Waals surface area contributed by atoms with Gasteiger partial charge in [-0.3, -0.25) is 14.5 Å². The van der Waals surface area contributed by atoms with Crippen molar-refractivity contribution in [2.45, 2.75) is 25.8 Å². The summed E-state index contributed by atoms with van der Waals surface area (Å²) in [5, 5.41) is 8.01. The first-order valence-corrected chi connectivity index (χ1v) is 10.0. The lowest BCUT2D eigenvalue weighted by Gasteiger charge is -2.22. The lowest BCUT2D eigenvalue weighted by molar-refractivity contribution is 0.0940. The minimum atomic E-state index is -0.232. The first-order valence-electron chi connectivity index (χ1n) is 8.75. The van der Waals surface area contributed by atoms with E-state index in [4.69, 9.17) is 11.6 Å². The summed E-state index contributed by atoms with van der Waals surface area (Å²) in [5.41, 5.74) is 0.922. The van der Waals surface area contributed by atoms with Crippen molar-refractivity contribution < 1.29 is 9.59 Å². The highest BCUT2D eigenvalue weighted by Crippen LogP contribution is 2.24. The molecule has 1 fully saturated rings. The number of carbonyl (C=O) groups is 2. The molecule has 2 amide bonds. The number of hydrogen-bond acceptors (Lipinski definition) is 4. The van der Waals surface area contributed by atoms with Crippen LogP contribution in [-0.2, 0) is 0 Å². The van der Waals surface area contributed by atoms with Crippen LogP contribution < -0.4 is 10.6 Å². The fraction of sp³-hybridized carbons (Fsp3) is 0.368. The summed E-state index contributed by atoms with van der Waals surface area (Å²) in [6, 6.07) is 8.88. The largest absolute Gasteiger partial charge is 0.350 e. The minimum Gasteiger partial charge on any atom is -0.350 e. The molecule has 7 heteroatoms. The molecule has 0 radical (unpaired) electrons. The second kappa shape index (κ2) is 8.66. The van der Waals surface area contributed by atoms with E-state index in [2.05, 4.69) is 22.5 Å². The van der Waals surface area contributed by atoms with Crippen LogP contribution in [0.4, 0.5) is 5.69 Å². The van der Waals surface area contributed by atoms with E-state index in [0.29, 0.717) is 33.7 Å². The molecule has 1 unspecified atom stereocenters. The lowest BCUT2D eigenvalue weighted by atomic mass is 10.1. The molecular formula is C19H22ClN3O2S. The van der Waals surface area contributed by atoms with Crippen molar-refractivity contribution in [1.29, 1.82) is 0 Å². The van der Waals surface area contributed by atoms with Gasteiger partial charge in [0.25, 0.3) is 11.8 Å². The fourth-order valence-electron chi connectivity index (χ4n) is 3.21. The molecule has 0 spiro atoms. The quantitative estimate of drug-likeness (QED) is 0.785. The van der Waals surface area contributed by atoms with E-state index in [1.807, 2.05) is 11.4 Å². The number of nitrogens with one attached hydrogen (secondary N) is 2. The first kappa shape index (κ1) is 18.9. The van der Waals surface area contributed by atoms with E-state index in [0.717, 1.165) is 19.5 Å². The molecule has 1 saturated heterocycles. The molecule has 26 heavy (non-hydrogen) atoms. The molecule has 1 aliphatic heterocycles. The van der Waals surface area contributed by atoms with Crippen LogP contribution in [0, 0.1) is 0 Å². The van der Waals surface area contributed by atoms with Crippen LogP contribution in [-0.4, -0.2) is 42.4 Å². The van der Waals surface area contributed by atoms with Gasteiger partial charge < -0.3 is 10.6 Å². The number of rotatable bonds is 6. The predicted octanol–water partition coefficient (Wildman–Crippen LogP) is 3.87. The monoisotopic (exact) mass is 391 g/mol. The Morgan fingerprint density at radius 1 is 1.31 bits per heavy atom. The van der Waals surface area contributed by atoms with E-state index in [1.165, 1.54) is 17.8 Å². The van der Waals surface area contributed by atoms with E-state index in [1.54, 1.807) is 24.3 Å². The zero-order chi connectivity index (χ0) is 18.5. The van der Waals surface area contributed by atoms with Gasteiger partial charge in [-0.2, -0.15) is 0 Å². The molecule has 2 aromatic rings. The summed E-state index contributed by atoms with van der Waals surface area (Å²) in [5.74, 6) is -0.389. The number of nitrogens with zero attached hydrogens (tertiary/aromatic N) is 1. The van der Waals surface area contributed by atoms with Crippen LogP contribution in [0.3, 0.4) is 0 Å². The van der Waals surface area contributed by atoms with Gasteiger partial charge in [-0.15, -0.1) is 11.3 Å². The molecule has 1 atom stereocenters. The van der Waals surface area contributed by atoms with Gasteiger partial charge in [-0.05, 0) is 55.6 Å². The topological polar surface area (TPSA) is 61.4 Å². The van der Waals surface area contributed by atoms with Crippen LogP contribution in [0.5, 0.6) is 0 Å². The molecule has 0 aliphatic carbocycles. The Hall–Kier alpha value is -1.89. The Balaban J connectivity index is 1.64. The molecule has 1 aromatic heterocycles. The maximum absolute atomic E-state index is 12.5. The summed E-state index contributed by atoms with van der Waals surface area (Å²) in [4.78, 5) is 27.7. The van der Waals surface area contributed by atoms with Crippen molar-refractivity contribution in [3.05, 3.63) is 51.2 Å².